The van der Waals surface area contributed by atoms with E-state index in [-0.39, 0.29) is 11.9 Å². The van der Waals surface area contributed by atoms with E-state index in [4.69, 9.17) is 4.74 Å². The number of nitrogens with zero attached hydrogens (tertiary/aromatic N) is 2. The van der Waals surface area contributed by atoms with E-state index in [0.717, 1.165) is 22.6 Å². The fourth-order valence-corrected chi connectivity index (χ4v) is 3.98. The predicted octanol–water partition coefficient (Wildman–Crippen LogP) is 3.63. The first kappa shape index (κ1) is 19.8. The Hall–Kier alpha value is -3.54. The summed E-state index contributed by atoms with van der Waals surface area (Å²) in [5.74, 6) is 0.705. The minimum absolute atomic E-state index is 0.0539. The van der Waals surface area contributed by atoms with E-state index in [0.29, 0.717) is 31.8 Å². The Kier molecular flexibility index (Phi) is 5.57. The van der Waals surface area contributed by atoms with Crippen LogP contribution >= 0.6 is 0 Å². The van der Waals surface area contributed by atoms with Crippen molar-refractivity contribution in [2.24, 2.45) is 0 Å². The molecule has 0 bridgehead atoms. The summed E-state index contributed by atoms with van der Waals surface area (Å²) in [5, 5.41) is 3.00. The second-order valence-electron chi connectivity index (χ2n) is 7.29. The van der Waals surface area contributed by atoms with E-state index in [1.807, 2.05) is 61.5 Å². The summed E-state index contributed by atoms with van der Waals surface area (Å²) in [4.78, 5) is 29.6. The summed E-state index contributed by atoms with van der Waals surface area (Å²) in [6.07, 6.45) is 1.67. The van der Waals surface area contributed by atoms with Gasteiger partial charge in [0, 0.05) is 13.1 Å². The number of hydrogen-bond acceptors (Lipinski definition) is 3. The van der Waals surface area contributed by atoms with Crippen molar-refractivity contribution in [1.29, 1.82) is 0 Å². The summed E-state index contributed by atoms with van der Waals surface area (Å²) in [6, 6.07) is 16.7. The molecule has 0 unspecified atom stereocenters. The van der Waals surface area contributed by atoms with Crippen molar-refractivity contribution in [2.45, 2.75) is 19.5 Å². The number of carbonyl (C=O) groups is 2. The normalized spacial score (nSPS) is 18.4. The summed E-state index contributed by atoms with van der Waals surface area (Å²) >= 11 is 0. The maximum atomic E-state index is 13.4. The zero-order chi connectivity index (χ0) is 21.1. The first-order chi connectivity index (χ1) is 14.6. The van der Waals surface area contributed by atoms with Crippen LogP contribution in [0.5, 0.6) is 5.75 Å². The largest absolute Gasteiger partial charge is 0.494 e. The zero-order valence-corrected chi connectivity index (χ0v) is 17.0. The van der Waals surface area contributed by atoms with Gasteiger partial charge in [-0.05, 0) is 30.2 Å². The molecule has 2 heterocycles. The smallest absolute Gasteiger partial charge is 0.322 e. The van der Waals surface area contributed by atoms with Gasteiger partial charge in [0.15, 0.2) is 0 Å². The van der Waals surface area contributed by atoms with Crippen LogP contribution in [-0.4, -0.2) is 41.4 Å². The van der Waals surface area contributed by atoms with Gasteiger partial charge >= 0.3 is 6.03 Å². The third kappa shape index (κ3) is 3.68. The molecule has 3 amide bonds. The van der Waals surface area contributed by atoms with Gasteiger partial charge in [-0.2, -0.15) is 0 Å². The van der Waals surface area contributed by atoms with E-state index in [2.05, 4.69) is 11.9 Å². The molecule has 0 fully saturated rings. The molecule has 2 aromatic rings. The number of hydrogen-bond donors (Lipinski definition) is 1. The Labute approximate surface area is 176 Å². The minimum atomic E-state index is -0.488. The quantitative estimate of drug-likeness (QED) is 0.718. The molecule has 0 saturated carbocycles. The fraction of sp³-hybridized carbons (Fsp3) is 0.250. The standard InChI is InChI=1S/C24H25N3O3/c1-3-14-27-20-16-26(15-17-8-6-5-7-9-17)23(28)21(20)22(25-24(27)29)18-10-12-19(13-11-18)30-4-2/h3,5-13,22H,1,4,14-16H2,2H3,(H,25,29)/t22-/m0/s1. The van der Waals surface area contributed by atoms with Crippen molar-refractivity contribution in [1.82, 2.24) is 15.1 Å². The molecule has 2 aromatic carbocycles. The Bertz CT molecular complexity index is 983. The average Bonchev–Trinajstić information content (AvgIpc) is 3.08. The van der Waals surface area contributed by atoms with E-state index in [1.54, 1.807) is 15.9 Å². The topological polar surface area (TPSA) is 61.9 Å². The van der Waals surface area contributed by atoms with E-state index in [1.165, 1.54) is 0 Å². The van der Waals surface area contributed by atoms with Crippen LogP contribution in [0.4, 0.5) is 4.79 Å². The van der Waals surface area contributed by atoms with Crippen LogP contribution in [0.3, 0.4) is 0 Å². The Balaban J connectivity index is 1.67. The number of carbonyl (C=O) groups excluding carboxylic acids is 2. The molecule has 0 aromatic heterocycles. The van der Waals surface area contributed by atoms with Gasteiger partial charge in [-0.25, -0.2) is 4.79 Å². The number of amides is 3. The molecular weight excluding hydrogens is 378 g/mol. The lowest BCUT2D eigenvalue weighted by Crippen LogP contribution is -2.47. The molecule has 1 atom stereocenters. The molecule has 2 aliphatic heterocycles. The van der Waals surface area contributed by atoms with Crippen molar-refractivity contribution in [3.8, 4) is 5.75 Å². The van der Waals surface area contributed by atoms with Crippen LogP contribution < -0.4 is 10.1 Å². The summed E-state index contributed by atoms with van der Waals surface area (Å²) in [7, 11) is 0. The van der Waals surface area contributed by atoms with Crippen molar-refractivity contribution >= 4 is 11.9 Å². The molecule has 6 nitrogen and oxygen atoms in total. The zero-order valence-electron chi connectivity index (χ0n) is 17.0. The van der Waals surface area contributed by atoms with Crippen LogP contribution in [0.25, 0.3) is 0 Å². The summed E-state index contributed by atoms with van der Waals surface area (Å²) in [6.45, 7) is 7.52. The Morgan fingerprint density at radius 3 is 2.53 bits per heavy atom. The molecule has 0 radical (unpaired) electrons. The maximum Gasteiger partial charge on any atom is 0.322 e. The van der Waals surface area contributed by atoms with Crippen LogP contribution in [0.15, 0.2) is 78.5 Å². The van der Waals surface area contributed by atoms with E-state index in [9.17, 15) is 9.59 Å². The van der Waals surface area contributed by atoms with Crippen molar-refractivity contribution in [3.63, 3.8) is 0 Å². The average molecular weight is 403 g/mol. The predicted molar refractivity (Wildman–Crippen MR) is 115 cm³/mol. The van der Waals surface area contributed by atoms with E-state index >= 15 is 0 Å². The third-order valence-electron chi connectivity index (χ3n) is 5.35. The lowest BCUT2D eigenvalue weighted by atomic mass is 9.95. The number of nitrogens with one attached hydrogen (secondary N) is 1. The van der Waals surface area contributed by atoms with Crippen LogP contribution in [-0.2, 0) is 11.3 Å². The molecule has 0 spiro atoms. The molecule has 4 rings (SSSR count). The Morgan fingerprint density at radius 2 is 1.87 bits per heavy atom. The van der Waals surface area contributed by atoms with Gasteiger partial charge in [0.05, 0.1) is 30.5 Å². The van der Waals surface area contributed by atoms with Gasteiger partial charge in [-0.15, -0.1) is 6.58 Å². The third-order valence-corrected chi connectivity index (χ3v) is 5.35. The fourth-order valence-electron chi connectivity index (χ4n) is 3.98. The first-order valence-electron chi connectivity index (χ1n) is 10.1. The number of rotatable bonds is 7. The van der Waals surface area contributed by atoms with Gasteiger partial charge in [-0.3, -0.25) is 9.69 Å². The monoisotopic (exact) mass is 403 g/mol. The van der Waals surface area contributed by atoms with Gasteiger partial charge in [0.2, 0.25) is 0 Å². The minimum Gasteiger partial charge on any atom is -0.494 e. The van der Waals surface area contributed by atoms with Crippen molar-refractivity contribution < 1.29 is 14.3 Å². The molecule has 30 heavy (non-hydrogen) atoms. The molecule has 1 N–H and O–H groups in total. The SMILES string of the molecule is C=CCN1C(=O)N[C@@H](c2ccc(OCC)cc2)C2=C1CN(Cc1ccccc1)C2=O. The van der Waals surface area contributed by atoms with Crippen molar-refractivity contribution in [2.75, 3.05) is 19.7 Å². The van der Waals surface area contributed by atoms with Crippen LogP contribution in [0, 0.1) is 0 Å². The number of urea groups is 1. The molecule has 0 aliphatic carbocycles. The van der Waals surface area contributed by atoms with E-state index < -0.39 is 6.04 Å². The second-order valence-corrected chi connectivity index (χ2v) is 7.29. The maximum absolute atomic E-state index is 13.4. The Morgan fingerprint density at radius 1 is 1.13 bits per heavy atom. The lowest BCUT2D eigenvalue weighted by molar-refractivity contribution is -0.126. The van der Waals surface area contributed by atoms with Crippen LogP contribution in [0.2, 0.25) is 0 Å². The van der Waals surface area contributed by atoms with Gasteiger partial charge < -0.3 is 15.0 Å². The number of ether oxygens (including phenoxy) is 1. The highest BCUT2D eigenvalue weighted by Crippen LogP contribution is 2.37. The molecule has 154 valence electrons. The summed E-state index contributed by atoms with van der Waals surface area (Å²) in [5.41, 5.74) is 3.28. The lowest BCUT2D eigenvalue weighted by Gasteiger charge is -2.33. The highest BCUT2D eigenvalue weighted by atomic mass is 16.5. The van der Waals surface area contributed by atoms with Crippen molar-refractivity contribution in [3.05, 3.63) is 89.6 Å². The first-order valence-corrected chi connectivity index (χ1v) is 10.1. The second kappa shape index (κ2) is 8.45. The molecule has 2 aliphatic rings. The molecular formula is C24H25N3O3. The number of benzene rings is 2. The highest BCUT2D eigenvalue weighted by molar-refractivity contribution is 6.01. The summed E-state index contributed by atoms with van der Waals surface area (Å²) < 4.78 is 5.52. The van der Waals surface area contributed by atoms with Gasteiger partial charge in [0.1, 0.15) is 5.75 Å². The molecule has 6 heteroatoms. The van der Waals surface area contributed by atoms with Crippen LogP contribution in [0.1, 0.15) is 24.1 Å². The van der Waals surface area contributed by atoms with Gasteiger partial charge in [-0.1, -0.05) is 48.5 Å². The molecule has 0 saturated heterocycles. The van der Waals surface area contributed by atoms with Gasteiger partial charge in [0.25, 0.3) is 5.91 Å². The highest BCUT2D eigenvalue weighted by Gasteiger charge is 2.43.